The standard InChI is InChI=1S/C29H30O7/c1-15(2)27-22(35-27)23-29(36-23)26(3)12-11-17-18(14-32-24(17)31)19(26)13-20-28(29,34-20)25(27)33-21(30)10-9-16-7-5-4-6-8-16/h4-10,15,19-20,22-23,25H,11-14H2,1-3H3/b10-9+/t19-,20+,22-,23-,25-,26+,27-,28?,29?/m1/s1. The van der Waals surface area contributed by atoms with Gasteiger partial charge in [-0.3, -0.25) is 0 Å². The van der Waals surface area contributed by atoms with E-state index >= 15 is 0 Å². The third kappa shape index (κ3) is 2.24. The molecule has 4 aliphatic heterocycles. The number of rotatable bonds is 4. The Hall–Kier alpha value is -2.48. The molecular formula is C29H30O7. The van der Waals surface area contributed by atoms with E-state index in [1.807, 2.05) is 30.3 Å². The fourth-order valence-corrected chi connectivity index (χ4v) is 8.73. The van der Waals surface area contributed by atoms with Gasteiger partial charge in [-0.25, -0.2) is 9.59 Å². The van der Waals surface area contributed by atoms with Crippen LogP contribution in [0.2, 0.25) is 0 Å². The zero-order valence-corrected chi connectivity index (χ0v) is 20.7. The molecule has 2 spiro atoms. The van der Waals surface area contributed by atoms with E-state index in [1.165, 1.54) is 6.08 Å². The van der Waals surface area contributed by atoms with Gasteiger partial charge in [-0.15, -0.1) is 0 Å². The third-order valence-electron chi connectivity index (χ3n) is 10.5. The summed E-state index contributed by atoms with van der Waals surface area (Å²) in [6.45, 7) is 6.89. The van der Waals surface area contributed by atoms with Crippen molar-refractivity contribution in [3.05, 3.63) is 53.1 Å². The summed E-state index contributed by atoms with van der Waals surface area (Å²) in [6.07, 6.45) is 4.66. The molecule has 3 saturated heterocycles. The molecular weight excluding hydrogens is 460 g/mol. The fraction of sp³-hybridized carbons (Fsp3) is 0.586. The van der Waals surface area contributed by atoms with E-state index in [0.717, 1.165) is 29.6 Å². The Bertz CT molecular complexity index is 1270. The molecule has 1 aromatic rings. The molecule has 188 valence electrons. The maximum Gasteiger partial charge on any atom is 0.334 e. The van der Waals surface area contributed by atoms with Crippen molar-refractivity contribution < 1.29 is 33.3 Å². The summed E-state index contributed by atoms with van der Waals surface area (Å²) >= 11 is 0. The lowest BCUT2D eigenvalue weighted by molar-refractivity contribution is -0.163. The quantitative estimate of drug-likeness (QED) is 0.363. The van der Waals surface area contributed by atoms with Gasteiger partial charge in [-0.1, -0.05) is 51.1 Å². The molecule has 1 aromatic carbocycles. The van der Waals surface area contributed by atoms with E-state index in [4.69, 9.17) is 23.7 Å². The van der Waals surface area contributed by atoms with Crippen LogP contribution < -0.4 is 0 Å². The van der Waals surface area contributed by atoms with Crippen molar-refractivity contribution in [3.8, 4) is 0 Å². The van der Waals surface area contributed by atoms with Gasteiger partial charge in [0.2, 0.25) is 0 Å². The van der Waals surface area contributed by atoms with Gasteiger partial charge < -0.3 is 23.7 Å². The zero-order chi connectivity index (χ0) is 24.7. The number of hydrogen-bond donors (Lipinski definition) is 0. The molecule has 0 bridgehead atoms. The minimum Gasteiger partial charge on any atom is -0.458 e. The highest BCUT2D eigenvalue weighted by atomic mass is 16.8. The maximum atomic E-state index is 13.2. The summed E-state index contributed by atoms with van der Waals surface area (Å²) in [7, 11) is 0. The molecule has 7 aliphatic rings. The SMILES string of the molecule is CC(C)[C@@]12O[C@@H]1[C@H]1OC13C1(O[C@H]1C[C@@H]1C4=C(CC[C@@]13C)C(=O)OC4)[C@@H]2OC(=O)/C=C/c1ccccc1. The van der Waals surface area contributed by atoms with Crippen molar-refractivity contribution in [2.24, 2.45) is 17.3 Å². The van der Waals surface area contributed by atoms with Gasteiger partial charge in [-0.05, 0) is 48.3 Å². The summed E-state index contributed by atoms with van der Waals surface area (Å²) < 4.78 is 31.6. The van der Waals surface area contributed by atoms with E-state index in [1.54, 1.807) is 6.08 Å². The molecule has 2 unspecified atom stereocenters. The van der Waals surface area contributed by atoms with Crippen LogP contribution in [0.1, 0.15) is 45.6 Å². The number of esters is 2. The molecule has 4 heterocycles. The monoisotopic (exact) mass is 490 g/mol. The molecule has 7 heteroatoms. The smallest absolute Gasteiger partial charge is 0.334 e. The molecule has 0 amide bonds. The number of hydrogen-bond acceptors (Lipinski definition) is 7. The average Bonchev–Trinajstić information content (AvgIpc) is 3.77. The first-order chi connectivity index (χ1) is 17.3. The maximum absolute atomic E-state index is 13.2. The molecule has 0 N–H and O–H groups in total. The normalized spacial score (nSPS) is 48.8. The van der Waals surface area contributed by atoms with Gasteiger partial charge in [0.1, 0.15) is 30.0 Å². The number of carbonyl (C=O) groups excluding carboxylic acids is 2. The zero-order valence-electron chi connectivity index (χ0n) is 20.7. The second kappa shape index (κ2) is 6.50. The first-order valence-electron chi connectivity index (χ1n) is 13.2. The van der Waals surface area contributed by atoms with Crippen LogP contribution in [-0.2, 0) is 33.3 Å². The lowest BCUT2D eigenvalue weighted by Gasteiger charge is -2.53. The number of cyclic esters (lactones) is 1. The minimum atomic E-state index is -0.724. The van der Waals surface area contributed by atoms with Crippen LogP contribution in [0.5, 0.6) is 0 Å². The predicted octanol–water partition coefficient (Wildman–Crippen LogP) is 3.37. The van der Waals surface area contributed by atoms with Crippen LogP contribution in [0.3, 0.4) is 0 Å². The van der Waals surface area contributed by atoms with Gasteiger partial charge in [0.05, 0.1) is 6.10 Å². The predicted molar refractivity (Wildman–Crippen MR) is 126 cm³/mol. The number of benzene rings is 1. The van der Waals surface area contributed by atoms with Crippen molar-refractivity contribution in [3.63, 3.8) is 0 Å². The number of ether oxygens (including phenoxy) is 5. The topological polar surface area (TPSA) is 90.2 Å². The molecule has 3 aliphatic carbocycles. The first-order valence-corrected chi connectivity index (χ1v) is 13.2. The van der Waals surface area contributed by atoms with Crippen molar-refractivity contribution in [2.75, 3.05) is 6.61 Å². The Morgan fingerprint density at radius 2 is 1.94 bits per heavy atom. The van der Waals surface area contributed by atoms with Gasteiger partial charge in [0, 0.05) is 17.1 Å². The molecule has 9 atom stereocenters. The second-order valence-corrected chi connectivity index (χ2v) is 12.1. The number of carbonyl (C=O) groups is 2. The summed E-state index contributed by atoms with van der Waals surface area (Å²) in [5.74, 6) is -0.284. The first kappa shape index (κ1) is 21.6. The third-order valence-corrected chi connectivity index (χ3v) is 10.5. The van der Waals surface area contributed by atoms with E-state index in [0.29, 0.717) is 13.0 Å². The fourth-order valence-electron chi connectivity index (χ4n) is 8.73. The van der Waals surface area contributed by atoms with Gasteiger partial charge in [0.25, 0.3) is 0 Å². The molecule has 7 nitrogen and oxygen atoms in total. The molecule has 5 fully saturated rings. The molecule has 0 aromatic heterocycles. The summed E-state index contributed by atoms with van der Waals surface area (Å²) in [5, 5.41) is 0. The van der Waals surface area contributed by atoms with E-state index in [-0.39, 0.29) is 41.5 Å². The number of fused-ring (bicyclic) bond motifs is 4. The van der Waals surface area contributed by atoms with E-state index in [2.05, 4.69) is 20.8 Å². The van der Waals surface area contributed by atoms with Gasteiger partial charge in [-0.2, -0.15) is 0 Å². The highest BCUT2D eigenvalue weighted by molar-refractivity contribution is 5.92. The van der Waals surface area contributed by atoms with Crippen LogP contribution in [-0.4, -0.2) is 59.8 Å². The van der Waals surface area contributed by atoms with Crippen molar-refractivity contribution in [2.45, 2.75) is 81.3 Å². The van der Waals surface area contributed by atoms with Crippen LogP contribution in [0.15, 0.2) is 47.6 Å². The Labute approximate surface area is 209 Å². The van der Waals surface area contributed by atoms with Crippen LogP contribution in [0.4, 0.5) is 0 Å². The van der Waals surface area contributed by atoms with Crippen molar-refractivity contribution in [1.82, 2.24) is 0 Å². The number of epoxide rings is 3. The van der Waals surface area contributed by atoms with E-state index in [9.17, 15) is 9.59 Å². The molecule has 2 saturated carbocycles. The molecule has 8 rings (SSSR count). The highest BCUT2D eigenvalue weighted by Crippen LogP contribution is 2.83. The Balaban J connectivity index is 1.18. The lowest BCUT2D eigenvalue weighted by Crippen LogP contribution is -2.70. The van der Waals surface area contributed by atoms with E-state index < -0.39 is 28.9 Å². The van der Waals surface area contributed by atoms with Crippen LogP contribution >= 0.6 is 0 Å². The average molecular weight is 491 g/mol. The van der Waals surface area contributed by atoms with Gasteiger partial charge in [0.15, 0.2) is 11.7 Å². The Kier molecular flexibility index (Phi) is 3.90. The highest BCUT2D eigenvalue weighted by Gasteiger charge is 3.01. The second-order valence-electron chi connectivity index (χ2n) is 12.1. The van der Waals surface area contributed by atoms with Crippen LogP contribution in [0.25, 0.3) is 6.08 Å². The Morgan fingerprint density at radius 3 is 2.72 bits per heavy atom. The summed E-state index contributed by atoms with van der Waals surface area (Å²) in [5.41, 5.74) is 0.734. The Morgan fingerprint density at radius 1 is 1.14 bits per heavy atom. The van der Waals surface area contributed by atoms with Crippen molar-refractivity contribution >= 4 is 18.0 Å². The minimum absolute atomic E-state index is 0.0901. The largest absolute Gasteiger partial charge is 0.458 e. The molecule has 0 radical (unpaired) electrons. The summed E-state index contributed by atoms with van der Waals surface area (Å²) in [4.78, 5) is 25.5. The van der Waals surface area contributed by atoms with Crippen molar-refractivity contribution in [1.29, 1.82) is 0 Å². The van der Waals surface area contributed by atoms with Crippen LogP contribution in [0, 0.1) is 17.3 Å². The molecule has 36 heavy (non-hydrogen) atoms. The lowest BCUT2D eigenvalue weighted by atomic mass is 9.46. The summed E-state index contributed by atoms with van der Waals surface area (Å²) in [6, 6.07) is 9.71. The van der Waals surface area contributed by atoms with Gasteiger partial charge >= 0.3 is 11.9 Å².